The number of nitrogens with zero attached hydrogens (tertiary/aromatic N) is 2. The topological polar surface area (TPSA) is 70.1 Å². The van der Waals surface area contributed by atoms with Crippen LogP contribution in [-0.2, 0) is 14.3 Å². The Morgan fingerprint density at radius 1 is 1.23 bits per heavy atom. The van der Waals surface area contributed by atoms with Gasteiger partial charge in [0.25, 0.3) is 5.91 Å². The summed E-state index contributed by atoms with van der Waals surface area (Å²) in [6.45, 7) is 0.449. The van der Waals surface area contributed by atoms with Crippen LogP contribution in [0.4, 0.5) is 5.69 Å². The first-order valence-electron chi connectivity index (χ1n) is 9.48. The third-order valence-electron chi connectivity index (χ3n) is 6.21. The molecule has 1 saturated carbocycles. The standard InChI is InChI=1S/C20H26N2O4/c1-26-12-18(24)21-10-16-19(14-8-4-5-9-15(14)21)17(11-23)22(16)20(25)13-6-2-3-7-13/h4-5,8-9,13,16-17,19,23H,2-3,6-7,10-12H2,1H3/t16-,17+,19+/m1/s1. The van der Waals surface area contributed by atoms with Crippen molar-refractivity contribution in [1.82, 2.24) is 4.90 Å². The Bertz CT molecular complexity index is 701. The van der Waals surface area contributed by atoms with E-state index < -0.39 is 0 Å². The molecule has 1 aromatic rings. The average molecular weight is 358 g/mol. The molecule has 1 N–H and O–H groups in total. The second kappa shape index (κ2) is 7.00. The maximum absolute atomic E-state index is 13.1. The summed E-state index contributed by atoms with van der Waals surface area (Å²) in [7, 11) is 1.51. The van der Waals surface area contributed by atoms with Crippen LogP contribution in [0.3, 0.4) is 0 Å². The zero-order valence-electron chi connectivity index (χ0n) is 15.1. The van der Waals surface area contributed by atoms with E-state index in [1.54, 1.807) is 4.90 Å². The van der Waals surface area contributed by atoms with Gasteiger partial charge in [0.1, 0.15) is 6.61 Å². The Hall–Kier alpha value is -1.92. The first-order valence-corrected chi connectivity index (χ1v) is 9.48. The van der Waals surface area contributed by atoms with E-state index in [2.05, 4.69) is 0 Å². The van der Waals surface area contributed by atoms with E-state index in [0.29, 0.717) is 6.54 Å². The molecule has 0 spiro atoms. The molecule has 0 radical (unpaired) electrons. The molecule has 26 heavy (non-hydrogen) atoms. The molecule has 3 atom stereocenters. The third-order valence-corrected chi connectivity index (χ3v) is 6.21. The number of aliphatic hydroxyl groups is 1. The van der Waals surface area contributed by atoms with Gasteiger partial charge in [-0.15, -0.1) is 0 Å². The molecule has 2 fully saturated rings. The van der Waals surface area contributed by atoms with Gasteiger partial charge < -0.3 is 19.6 Å². The SMILES string of the molecule is COCC(=O)N1C[C@@H]2[C@H](c3ccccc31)[C@H](CO)N2C(=O)C1CCCC1. The molecule has 2 heterocycles. The van der Waals surface area contributed by atoms with E-state index in [1.807, 2.05) is 29.2 Å². The lowest BCUT2D eigenvalue weighted by Crippen LogP contribution is -2.71. The van der Waals surface area contributed by atoms with E-state index in [-0.39, 0.29) is 48.9 Å². The van der Waals surface area contributed by atoms with E-state index >= 15 is 0 Å². The van der Waals surface area contributed by atoms with Crippen LogP contribution in [0.1, 0.15) is 37.2 Å². The summed E-state index contributed by atoms with van der Waals surface area (Å²) in [4.78, 5) is 29.2. The maximum Gasteiger partial charge on any atom is 0.253 e. The highest BCUT2D eigenvalue weighted by Gasteiger charge is 2.56. The van der Waals surface area contributed by atoms with Crippen molar-refractivity contribution in [2.75, 3.05) is 31.8 Å². The number of benzene rings is 1. The van der Waals surface area contributed by atoms with Gasteiger partial charge in [-0.05, 0) is 24.5 Å². The molecular weight excluding hydrogens is 332 g/mol. The molecule has 2 aliphatic heterocycles. The number of amides is 2. The highest BCUT2D eigenvalue weighted by molar-refractivity contribution is 5.96. The summed E-state index contributed by atoms with van der Waals surface area (Å²) < 4.78 is 5.04. The number of rotatable bonds is 4. The molecule has 1 aromatic carbocycles. The minimum absolute atomic E-state index is 0.0196. The highest BCUT2D eigenvalue weighted by Crippen LogP contribution is 2.49. The number of methoxy groups -OCH3 is 1. The number of anilines is 1. The molecule has 0 unspecified atom stereocenters. The van der Waals surface area contributed by atoms with Crippen molar-refractivity contribution in [3.8, 4) is 0 Å². The smallest absolute Gasteiger partial charge is 0.253 e. The van der Waals surface area contributed by atoms with Gasteiger partial charge in [0.15, 0.2) is 0 Å². The minimum Gasteiger partial charge on any atom is -0.394 e. The number of likely N-dealkylation sites (tertiary alicyclic amines) is 1. The fourth-order valence-electron chi connectivity index (χ4n) is 5.01. The second-order valence-electron chi connectivity index (χ2n) is 7.57. The van der Waals surface area contributed by atoms with Crippen molar-refractivity contribution >= 4 is 17.5 Å². The van der Waals surface area contributed by atoms with Crippen molar-refractivity contribution in [1.29, 1.82) is 0 Å². The van der Waals surface area contributed by atoms with Gasteiger partial charge >= 0.3 is 0 Å². The minimum atomic E-state index is -0.186. The number of aliphatic hydroxyl groups excluding tert-OH is 1. The van der Waals surface area contributed by atoms with E-state index in [4.69, 9.17) is 4.74 Å². The summed E-state index contributed by atoms with van der Waals surface area (Å²) in [6.07, 6.45) is 4.08. The van der Waals surface area contributed by atoms with Gasteiger partial charge in [-0.2, -0.15) is 0 Å². The molecular formula is C20H26N2O4. The van der Waals surface area contributed by atoms with Gasteiger partial charge in [0, 0.05) is 31.2 Å². The second-order valence-corrected chi connectivity index (χ2v) is 7.57. The lowest BCUT2D eigenvalue weighted by molar-refractivity contribution is -0.155. The number of para-hydroxylation sites is 1. The largest absolute Gasteiger partial charge is 0.394 e. The van der Waals surface area contributed by atoms with Crippen LogP contribution in [0.2, 0.25) is 0 Å². The molecule has 6 heteroatoms. The van der Waals surface area contributed by atoms with E-state index in [9.17, 15) is 14.7 Å². The van der Waals surface area contributed by atoms with E-state index in [0.717, 1.165) is 36.9 Å². The van der Waals surface area contributed by atoms with Crippen LogP contribution in [0.25, 0.3) is 0 Å². The summed E-state index contributed by atoms with van der Waals surface area (Å²) in [5.41, 5.74) is 1.92. The third kappa shape index (κ3) is 2.63. The van der Waals surface area contributed by atoms with Crippen molar-refractivity contribution in [3.05, 3.63) is 29.8 Å². The number of hydrogen-bond donors (Lipinski definition) is 1. The Morgan fingerprint density at radius 2 is 1.96 bits per heavy atom. The molecule has 6 nitrogen and oxygen atoms in total. The fraction of sp³-hybridized carbons (Fsp3) is 0.600. The Labute approximate surface area is 153 Å². The highest BCUT2D eigenvalue weighted by atomic mass is 16.5. The molecule has 0 aromatic heterocycles. The predicted octanol–water partition coefficient (Wildman–Crippen LogP) is 1.53. The van der Waals surface area contributed by atoms with Crippen molar-refractivity contribution in [2.24, 2.45) is 5.92 Å². The first kappa shape index (κ1) is 17.5. The Morgan fingerprint density at radius 3 is 2.65 bits per heavy atom. The molecule has 1 aliphatic carbocycles. The van der Waals surface area contributed by atoms with Crippen LogP contribution in [-0.4, -0.2) is 60.8 Å². The summed E-state index contributed by atoms with van der Waals surface area (Å²) in [5.74, 6) is 0.221. The number of hydrogen-bond acceptors (Lipinski definition) is 4. The summed E-state index contributed by atoms with van der Waals surface area (Å²) in [6, 6.07) is 7.58. The summed E-state index contributed by atoms with van der Waals surface area (Å²) in [5, 5.41) is 9.98. The zero-order valence-corrected chi connectivity index (χ0v) is 15.1. The van der Waals surface area contributed by atoms with Gasteiger partial charge in [-0.3, -0.25) is 9.59 Å². The fourth-order valence-corrected chi connectivity index (χ4v) is 5.01. The van der Waals surface area contributed by atoms with Crippen molar-refractivity contribution in [2.45, 2.75) is 43.7 Å². The van der Waals surface area contributed by atoms with Gasteiger partial charge in [0.2, 0.25) is 5.91 Å². The lowest BCUT2D eigenvalue weighted by Gasteiger charge is -2.59. The van der Waals surface area contributed by atoms with Gasteiger partial charge in [-0.1, -0.05) is 31.0 Å². The molecule has 4 rings (SSSR count). The zero-order chi connectivity index (χ0) is 18.3. The lowest BCUT2D eigenvalue weighted by atomic mass is 9.71. The molecule has 140 valence electrons. The maximum atomic E-state index is 13.1. The van der Waals surface area contributed by atoms with Crippen LogP contribution < -0.4 is 4.90 Å². The number of ether oxygens (including phenoxy) is 1. The Balaban J connectivity index is 1.66. The number of carbonyl (C=O) groups is 2. The van der Waals surface area contributed by atoms with Crippen LogP contribution in [0.15, 0.2) is 24.3 Å². The molecule has 3 aliphatic rings. The average Bonchev–Trinajstić information content (AvgIpc) is 3.17. The van der Waals surface area contributed by atoms with Crippen LogP contribution in [0.5, 0.6) is 0 Å². The predicted molar refractivity (Wildman–Crippen MR) is 96.9 cm³/mol. The van der Waals surface area contributed by atoms with Gasteiger partial charge in [-0.25, -0.2) is 0 Å². The van der Waals surface area contributed by atoms with E-state index in [1.165, 1.54) is 7.11 Å². The molecule has 2 amide bonds. The molecule has 1 saturated heterocycles. The first-order chi connectivity index (χ1) is 12.7. The number of carbonyl (C=O) groups excluding carboxylic acids is 2. The Kier molecular flexibility index (Phi) is 4.71. The van der Waals surface area contributed by atoms with Crippen LogP contribution >= 0.6 is 0 Å². The van der Waals surface area contributed by atoms with Crippen molar-refractivity contribution in [3.63, 3.8) is 0 Å². The van der Waals surface area contributed by atoms with Crippen LogP contribution in [0, 0.1) is 5.92 Å². The normalized spacial score (nSPS) is 27.7. The van der Waals surface area contributed by atoms with Gasteiger partial charge in [0.05, 0.1) is 18.7 Å². The summed E-state index contributed by atoms with van der Waals surface area (Å²) >= 11 is 0. The monoisotopic (exact) mass is 358 g/mol. The van der Waals surface area contributed by atoms with Crippen molar-refractivity contribution < 1.29 is 19.4 Å². The number of fused-ring (bicyclic) bond motifs is 3. The quantitative estimate of drug-likeness (QED) is 0.886. The molecule has 0 bridgehead atoms.